The minimum Gasteiger partial charge on any atom is -0.250 e. The highest BCUT2D eigenvalue weighted by Gasteiger charge is 2.31. The van der Waals surface area contributed by atoms with E-state index in [1.807, 2.05) is 5.51 Å². The molecule has 0 atom stereocenters. The quantitative estimate of drug-likeness (QED) is 0.656. The Morgan fingerprint density at radius 2 is 2.00 bits per heavy atom. The van der Waals surface area contributed by atoms with Crippen LogP contribution in [0.4, 0.5) is 0 Å². The van der Waals surface area contributed by atoms with Gasteiger partial charge in [-0.3, -0.25) is 0 Å². The summed E-state index contributed by atoms with van der Waals surface area (Å²) >= 11 is 9.13. The SMILES string of the molecule is Cc1ncsc1CCC(CBr)(CBr)C(C)C. The topological polar surface area (TPSA) is 12.9 Å². The molecule has 0 saturated carbocycles. The molecule has 0 fully saturated rings. The van der Waals surface area contributed by atoms with Crippen LogP contribution in [0.2, 0.25) is 0 Å². The third-order valence-corrected chi connectivity index (χ3v) is 6.68. The van der Waals surface area contributed by atoms with Crippen LogP contribution < -0.4 is 0 Å². The van der Waals surface area contributed by atoms with Gasteiger partial charge in [-0.05, 0) is 31.1 Å². The maximum Gasteiger partial charge on any atom is 0.0797 e. The van der Waals surface area contributed by atoms with E-state index in [1.54, 1.807) is 11.3 Å². The highest BCUT2D eigenvalue weighted by Crippen LogP contribution is 2.37. The number of aromatic nitrogens is 1. The maximum atomic E-state index is 4.31. The lowest BCUT2D eigenvalue weighted by Crippen LogP contribution is -2.31. The van der Waals surface area contributed by atoms with Crippen molar-refractivity contribution in [2.24, 2.45) is 11.3 Å². The van der Waals surface area contributed by atoms with E-state index in [9.17, 15) is 0 Å². The van der Waals surface area contributed by atoms with Gasteiger partial charge >= 0.3 is 0 Å². The molecule has 0 aromatic carbocycles. The Bertz CT molecular complexity index is 319. The monoisotopic (exact) mass is 367 g/mol. The molecule has 0 spiro atoms. The molecule has 0 radical (unpaired) electrons. The maximum absolute atomic E-state index is 4.31. The second-order valence-electron chi connectivity index (χ2n) is 4.65. The molecule has 1 heterocycles. The molecule has 92 valence electrons. The normalized spacial score (nSPS) is 12.4. The van der Waals surface area contributed by atoms with Gasteiger partial charge in [0.25, 0.3) is 0 Å². The second-order valence-corrected chi connectivity index (χ2v) is 6.71. The van der Waals surface area contributed by atoms with Crippen LogP contribution in [0.1, 0.15) is 30.8 Å². The Morgan fingerprint density at radius 1 is 1.38 bits per heavy atom. The molecule has 0 N–H and O–H groups in total. The van der Waals surface area contributed by atoms with Crippen molar-refractivity contribution in [2.45, 2.75) is 33.6 Å². The first kappa shape index (κ1) is 14.7. The van der Waals surface area contributed by atoms with E-state index in [4.69, 9.17) is 0 Å². The summed E-state index contributed by atoms with van der Waals surface area (Å²) in [7, 11) is 0. The molecule has 1 nitrogen and oxygen atoms in total. The lowest BCUT2D eigenvalue weighted by molar-refractivity contribution is 0.249. The summed E-state index contributed by atoms with van der Waals surface area (Å²) in [5, 5.41) is 2.11. The molecular formula is C12H19Br2NS. The van der Waals surface area contributed by atoms with Crippen LogP contribution in [0.25, 0.3) is 0 Å². The first-order chi connectivity index (χ1) is 7.55. The predicted octanol–water partition coefficient (Wildman–Crippen LogP) is 4.82. The Morgan fingerprint density at radius 3 is 2.38 bits per heavy atom. The molecule has 0 aliphatic carbocycles. The number of halogens is 2. The minimum atomic E-state index is 0.358. The molecule has 0 aliphatic rings. The summed E-state index contributed by atoms with van der Waals surface area (Å²) in [4.78, 5) is 5.75. The average molecular weight is 369 g/mol. The van der Waals surface area contributed by atoms with Gasteiger partial charge in [-0.25, -0.2) is 4.98 Å². The van der Waals surface area contributed by atoms with Crippen LogP contribution in [-0.4, -0.2) is 15.6 Å². The lowest BCUT2D eigenvalue weighted by Gasteiger charge is -2.34. The van der Waals surface area contributed by atoms with Crippen LogP contribution in [0.15, 0.2) is 5.51 Å². The Hall–Kier alpha value is 0.590. The molecule has 0 amide bonds. The molecule has 1 rings (SSSR count). The number of hydrogen-bond donors (Lipinski definition) is 0. The van der Waals surface area contributed by atoms with Gasteiger partial charge in [0.2, 0.25) is 0 Å². The molecule has 0 bridgehead atoms. The van der Waals surface area contributed by atoms with E-state index in [1.165, 1.54) is 17.0 Å². The Labute approximate surface area is 119 Å². The molecule has 0 aliphatic heterocycles. The van der Waals surface area contributed by atoms with Gasteiger partial charge in [-0.15, -0.1) is 11.3 Å². The van der Waals surface area contributed by atoms with Crippen molar-refractivity contribution in [1.82, 2.24) is 4.98 Å². The minimum absolute atomic E-state index is 0.358. The molecule has 4 heteroatoms. The average Bonchev–Trinajstić information content (AvgIpc) is 2.66. The first-order valence-corrected chi connectivity index (χ1v) is 8.69. The van der Waals surface area contributed by atoms with Crippen molar-refractivity contribution >= 4 is 43.2 Å². The number of nitrogens with zero attached hydrogens (tertiary/aromatic N) is 1. The summed E-state index contributed by atoms with van der Waals surface area (Å²) in [6.45, 7) is 6.72. The fourth-order valence-corrected chi connectivity index (χ4v) is 5.26. The Balaban J connectivity index is 2.67. The van der Waals surface area contributed by atoms with Gasteiger partial charge in [-0.2, -0.15) is 0 Å². The van der Waals surface area contributed by atoms with E-state index >= 15 is 0 Å². The van der Waals surface area contributed by atoms with Crippen LogP contribution >= 0.6 is 43.2 Å². The number of hydrogen-bond acceptors (Lipinski definition) is 2. The van der Waals surface area contributed by atoms with E-state index in [2.05, 4.69) is 57.6 Å². The molecule has 1 aromatic rings. The molecule has 1 aromatic heterocycles. The van der Waals surface area contributed by atoms with E-state index in [-0.39, 0.29) is 0 Å². The summed E-state index contributed by atoms with van der Waals surface area (Å²) in [6, 6.07) is 0. The lowest BCUT2D eigenvalue weighted by atomic mass is 9.77. The van der Waals surface area contributed by atoms with Crippen molar-refractivity contribution < 1.29 is 0 Å². The van der Waals surface area contributed by atoms with Crippen LogP contribution in [0, 0.1) is 18.3 Å². The van der Waals surface area contributed by atoms with Crippen molar-refractivity contribution in [1.29, 1.82) is 0 Å². The highest BCUT2D eigenvalue weighted by molar-refractivity contribution is 9.09. The summed E-state index contributed by atoms with van der Waals surface area (Å²) in [5.41, 5.74) is 3.51. The molecule has 0 saturated heterocycles. The smallest absolute Gasteiger partial charge is 0.0797 e. The molecular weight excluding hydrogens is 350 g/mol. The highest BCUT2D eigenvalue weighted by atomic mass is 79.9. The molecule has 0 unspecified atom stereocenters. The van der Waals surface area contributed by atoms with Gasteiger partial charge in [0.1, 0.15) is 0 Å². The summed E-state index contributed by atoms with van der Waals surface area (Å²) in [6.07, 6.45) is 2.36. The summed E-state index contributed by atoms with van der Waals surface area (Å²) < 4.78 is 0. The van der Waals surface area contributed by atoms with Gasteiger partial charge in [0.05, 0.1) is 11.2 Å². The number of aryl methyl sites for hydroxylation is 2. The molecule has 16 heavy (non-hydrogen) atoms. The fourth-order valence-electron chi connectivity index (χ4n) is 1.70. The van der Waals surface area contributed by atoms with E-state index < -0.39 is 0 Å². The zero-order valence-corrected chi connectivity index (χ0v) is 14.1. The fraction of sp³-hybridized carbons (Fsp3) is 0.750. The summed E-state index contributed by atoms with van der Waals surface area (Å²) in [5.74, 6) is 0.680. The van der Waals surface area contributed by atoms with Crippen LogP contribution in [0.5, 0.6) is 0 Å². The predicted molar refractivity (Wildman–Crippen MR) is 80.0 cm³/mol. The third kappa shape index (κ3) is 3.30. The van der Waals surface area contributed by atoms with Crippen molar-refractivity contribution in [3.8, 4) is 0 Å². The van der Waals surface area contributed by atoms with Crippen LogP contribution in [0.3, 0.4) is 0 Å². The van der Waals surface area contributed by atoms with Gasteiger partial charge in [0.15, 0.2) is 0 Å². The van der Waals surface area contributed by atoms with Crippen molar-refractivity contribution in [2.75, 3.05) is 10.7 Å². The largest absolute Gasteiger partial charge is 0.250 e. The van der Waals surface area contributed by atoms with Gasteiger partial charge in [0, 0.05) is 15.5 Å². The third-order valence-electron chi connectivity index (χ3n) is 3.45. The van der Waals surface area contributed by atoms with Crippen molar-refractivity contribution in [3.05, 3.63) is 16.1 Å². The zero-order chi connectivity index (χ0) is 12.2. The van der Waals surface area contributed by atoms with Crippen LogP contribution in [-0.2, 0) is 6.42 Å². The zero-order valence-electron chi connectivity index (χ0n) is 10.1. The Kier molecular flexibility index (Phi) is 5.95. The van der Waals surface area contributed by atoms with Gasteiger partial charge in [-0.1, -0.05) is 45.7 Å². The van der Waals surface area contributed by atoms with E-state index in [0.717, 1.165) is 17.1 Å². The number of alkyl halides is 2. The standard InChI is InChI=1S/C12H19Br2NS/c1-9(2)12(6-13,7-14)5-4-11-10(3)15-8-16-11/h8-9H,4-7H2,1-3H3. The first-order valence-electron chi connectivity index (χ1n) is 5.56. The second kappa shape index (κ2) is 6.50. The number of thiazole rings is 1. The van der Waals surface area contributed by atoms with Gasteiger partial charge < -0.3 is 0 Å². The van der Waals surface area contributed by atoms with Crippen molar-refractivity contribution in [3.63, 3.8) is 0 Å². The number of rotatable bonds is 6. The van der Waals surface area contributed by atoms with E-state index in [0.29, 0.717) is 11.3 Å².